The van der Waals surface area contributed by atoms with Gasteiger partial charge in [-0.25, -0.2) is 9.97 Å². The van der Waals surface area contributed by atoms with Crippen LogP contribution in [0.3, 0.4) is 0 Å². The van der Waals surface area contributed by atoms with Gasteiger partial charge in [0, 0.05) is 16.1 Å². The molecule has 0 saturated heterocycles. The van der Waals surface area contributed by atoms with E-state index in [4.69, 9.17) is 16.3 Å². The molecule has 28 heavy (non-hydrogen) atoms. The van der Waals surface area contributed by atoms with Gasteiger partial charge >= 0.3 is 0 Å². The molecular weight excluding hydrogens is 400 g/mol. The number of benzene rings is 2. The van der Waals surface area contributed by atoms with Crippen molar-refractivity contribution in [2.75, 3.05) is 5.32 Å². The summed E-state index contributed by atoms with van der Waals surface area (Å²) in [7, 11) is 0. The first kappa shape index (κ1) is 18.1. The lowest BCUT2D eigenvalue weighted by atomic mass is 10.2. The molecule has 9 heteroatoms. The molecule has 2 aromatic heterocycles. The highest BCUT2D eigenvalue weighted by Crippen LogP contribution is 2.19. The lowest BCUT2D eigenvalue weighted by Crippen LogP contribution is -2.13. The zero-order valence-corrected chi connectivity index (χ0v) is 15.9. The summed E-state index contributed by atoms with van der Waals surface area (Å²) in [5.41, 5.74) is 1.05. The molecule has 2 N–H and O–H groups in total. The maximum absolute atomic E-state index is 12.4. The Kier molecular flexibility index (Phi) is 5.05. The van der Waals surface area contributed by atoms with Crippen molar-refractivity contribution in [1.82, 2.24) is 15.0 Å². The van der Waals surface area contributed by atoms with Crippen molar-refractivity contribution in [2.45, 2.75) is 6.61 Å². The predicted octanol–water partition coefficient (Wildman–Crippen LogP) is 3.86. The van der Waals surface area contributed by atoms with Crippen molar-refractivity contribution in [3.05, 3.63) is 80.2 Å². The molecule has 2 aromatic carbocycles. The first-order chi connectivity index (χ1) is 13.6. The van der Waals surface area contributed by atoms with Crippen LogP contribution in [0.25, 0.3) is 10.9 Å². The van der Waals surface area contributed by atoms with Crippen molar-refractivity contribution in [2.24, 2.45) is 0 Å². The smallest absolute Gasteiger partial charge is 0.275 e. The van der Waals surface area contributed by atoms with Crippen LogP contribution in [0.5, 0.6) is 5.75 Å². The van der Waals surface area contributed by atoms with E-state index in [-0.39, 0.29) is 23.8 Å². The Bertz CT molecular complexity index is 1200. The Balaban J connectivity index is 1.43. The second-order valence-corrected chi connectivity index (χ2v) is 7.17. The Morgan fingerprint density at radius 2 is 2.04 bits per heavy atom. The van der Waals surface area contributed by atoms with Gasteiger partial charge in [0.1, 0.15) is 23.1 Å². The minimum Gasteiger partial charge on any atom is -0.486 e. The number of carbonyl (C=O) groups is 1. The van der Waals surface area contributed by atoms with Crippen LogP contribution in [0.15, 0.2) is 59.0 Å². The van der Waals surface area contributed by atoms with Crippen molar-refractivity contribution < 1.29 is 9.53 Å². The van der Waals surface area contributed by atoms with Gasteiger partial charge in [-0.15, -0.1) is 11.3 Å². The topological polar surface area (TPSA) is 97.0 Å². The summed E-state index contributed by atoms with van der Waals surface area (Å²) in [6.45, 7) is 0.247. The number of thiazole rings is 1. The molecule has 1 amide bonds. The van der Waals surface area contributed by atoms with Crippen LogP contribution in [0, 0.1) is 0 Å². The largest absolute Gasteiger partial charge is 0.486 e. The summed E-state index contributed by atoms with van der Waals surface area (Å²) in [5, 5.41) is 6.09. The summed E-state index contributed by atoms with van der Waals surface area (Å²) in [6, 6.07) is 11.9. The van der Waals surface area contributed by atoms with E-state index < -0.39 is 0 Å². The van der Waals surface area contributed by atoms with Gasteiger partial charge in [-0.3, -0.25) is 9.59 Å². The van der Waals surface area contributed by atoms with E-state index in [1.807, 2.05) is 0 Å². The average Bonchev–Trinajstić information content (AvgIpc) is 3.17. The quantitative estimate of drug-likeness (QED) is 0.518. The maximum atomic E-state index is 12.4. The van der Waals surface area contributed by atoms with Gasteiger partial charge in [0.05, 0.1) is 17.2 Å². The Hall–Kier alpha value is -3.23. The molecule has 0 bridgehead atoms. The number of hydrogen-bond donors (Lipinski definition) is 2. The van der Waals surface area contributed by atoms with Crippen LogP contribution in [-0.2, 0) is 6.61 Å². The SMILES string of the molecule is O=C(Nc1ccc2nc[nH]c(=O)c2c1)c1csc(COc2ccc(Cl)cc2)n1. The van der Waals surface area contributed by atoms with E-state index >= 15 is 0 Å². The molecule has 0 unspecified atom stereocenters. The van der Waals surface area contributed by atoms with Crippen molar-refractivity contribution in [3.8, 4) is 5.75 Å². The molecule has 4 aromatic rings. The van der Waals surface area contributed by atoms with Gasteiger partial charge in [-0.2, -0.15) is 0 Å². The van der Waals surface area contributed by atoms with E-state index in [0.29, 0.717) is 32.4 Å². The number of anilines is 1. The van der Waals surface area contributed by atoms with Gasteiger partial charge in [-0.1, -0.05) is 11.6 Å². The first-order valence-electron chi connectivity index (χ1n) is 8.20. The van der Waals surface area contributed by atoms with Gasteiger partial charge in [0.25, 0.3) is 11.5 Å². The second-order valence-electron chi connectivity index (χ2n) is 5.79. The van der Waals surface area contributed by atoms with Gasteiger partial charge in [0.2, 0.25) is 0 Å². The summed E-state index contributed by atoms with van der Waals surface area (Å²) in [5.74, 6) is 0.300. The van der Waals surface area contributed by atoms with E-state index in [1.54, 1.807) is 47.8 Å². The summed E-state index contributed by atoms with van der Waals surface area (Å²) in [6.07, 6.45) is 1.34. The normalized spacial score (nSPS) is 10.8. The molecule has 0 saturated carbocycles. The number of ether oxygens (including phenoxy) is 1. The number of fused-ring (bicyclic) bond motifs is 1. The molecule has 0 atom stereocenters. The Morgan fingerprint density at radius 3 is 2.86 bits per heavy atom. The molecule has 0 radical (unpaired) electrons. The van der Waals surface area contributed by atoms with Crippen LogP contribution in [0.4, 0.5) is 5.69 Å². The second kappa shape index (κ2) is 7.79. The van der Waals surface area contributed by atoms with Crippen LogP contribution in [0.2, 0.25) is 5.02 Å². The Labute approximate surface area is 168 Å². The number of rotatable bonds is 5. The van der Waals surface area contributed by atoms with E-state index in [9.17, 15) is 9.59 Å². The lowest BCUT2D eigenvalue weighted by molar-refractivity contribution is 0.102. The molecule has 0 aliphatic carbocycles. The monoisotopic (exact) mass is 412 g/mol. The number of hydrogen-bond acceptors (Lipinski definition) is 6. The number of aromatic nitrogens is 3. The number of nitrogens with zero attached hydrogens (tertiary/aromatic N) is 2. The number of H-pyrrole nitrogens is 1. The summed E-state index contributed by atoms with van der Waals surface area (Å²) >= 11 is 7.17. The van der Waals surface area contributed by atoms with Crippen LogP contribution in [-0.4, -0.2) is 20.9 Å². The minimum absolute atomic E-state index is 0.247. The highest BCUT2D eigenvalue weighted by atomic mass is 35.5. The maximum Gasteiger partial charge on any atom is 0.275 e. The molecule has 0 spiro atoms. The van der Waals surface area contributed by atoms with Crippen LogP contribution >= 0.6 is 22.9 Å². The van der Waals surface area contributed by atoms with Crippen molar-refractivity contribution in [3.63, 3.8) is 0 Å². The highest BCUT2D eigenvalue weighted by Gasteiger charge is 2.12. The standard InChI is InChI=1S/C19H13ClN4O3S/c20-11-1-4-13(5-2-11)27-8-17-24-16(9-28-17)19(26)23-12-3-6-15-14(7-12)18(25)22-10-21-15/h1-7,9-10H,8H2,(H,23,26)(H,21,22,25). The fourth-order valence-corrected chi connectivity index (χ4v) is 3.31. The fraction of sp³-hybridized carbons (Fsp3) is 0.0526. The molecule has 0 aliphatic heterocycles. The van der Waals surface area contributed by atoms with E-state index in [1.165, 1.54) is 17.7 Å². The van der Waals surface area contributed by atoms with Crippen molar-refractivity contribution >= 4 is 45.4 Å². The predicted molar refractivity (Wildman–Crippen MR) is 108 cm³/mol. The van der Waals surface area contributed by atoms with Gasteiger partial charge in [-0.05, 0) is 42.5 Å². The van der Waals surface area contributed by atoms with Crippen molar-refractivity contribution in [1.29, 1.82) is 0 Å². The average molecular weight is 413 g/mol. The number of carbonyl (C=O) groups excluding carboxylic acids is 1. The number of aromatic amines is 1. The van der Waals surface area contributed by atoms with Crippen LogP contribution < -0.4 is 15.6 Å². The Morgan fingerprint density at radius 1 is 1.21 bits per heavy atom. The summed E-state index contributed by atoms with van der Waals surface area (Å²) < 4.78 is 5.63. The zero-order chi connectivity index (χ0) is 19.5. The third-order valence-electron chi connectivity index (χ3n) is 3.86. The van der Waals surface area contributed by atoms with E-state index in [0.717, 1.165) is 0 Å². The molecule has 4 rings (SSSR count). The summed E-state index contributed by atoms with van der Waals surface area (Å²) in [4.78, 5) is 35.2. The van der Waals surface area contributed by atoms with Gasteiger partial charge < -0.3 is 15.0 Å². The van der Waals surface area contributed by atoms with E-state index in [2.05, 4.69) is 20.3 Å². The molecule has 0 fully saturated rings. The third-order valence-corrected chi connectivity index (χ3v) is 4.93. The first-order valence-corrected chi connectivity index (χ1v) is 9.46. The highest BCUT2D eigenvalue weighted by molar-refractivity contribution is 7.09. The molecule has 0 aliphatic rings. The number of amides is 1. The molecule has 2 heterocycles. The molecule has 140 valence electrons. The minimum atomic E-state index is -0.367. The van der Waals surface area contributed by atoms with Crippen LogP contribution in [0.1, 0.15) is 15.5 Å². The number of nitrogens with one attached hydrogen (secondary N) is 2. The zero-order valence-electron chi connectivity index (χ0n) is 14.3. The molecular formula is C19H13ClN4O3S. The lowest BCUT2D eigenvalue weighted by Gasteiger charge is -2.05. The fourth-order valence-electron chi connectivity index (χ4n) is 2.50. The molecule has 7 nitrogen and oxygen atoms in total. The number of halogens is 1. The third kappa shape index (κ3) is 4.03. The van der Waals surface area contributed by atoms with Gasteiger partial charge in [0.15, 0.2) is 0 Å².